The Morgan fingerprint density at radius 3 is 2.35 bits per heavy atom. The van der Waals surface area contributed by atoms with Crippen molar-refractivity contribution in [3.63, 3.8) is 0 Å². The predicted molar refractivity (Wildman–Crippen MR) is 99.6 cm³/mol. The van der Waals surface area contributed by atoms with E-state index in [0.717, 1.165) is 29.6 Å². The number of aliphatic hydroxyl groups excluding tert-OH is 1. The van der Waals surface area contributed by atoms with Gasteiger partial charge in [-0.25, -0.2) is 0 Å². The summed E-state index contributed by atoms with van der Waals surface area (Å²) in [6, 6.07) is 0. The highest BCUT2D eigenvalue weighted by Crippen LogP contribution is 2.68. The molecule has 0 amide bonds. The topological polar surface area (TPSA) is 20.2 Å². The second kappa shape index (κ2) is 5.22. The van der Waals surface area contributed by atoms with Crippen LogP contribution in [0.1, 0.15) is 79.1 Å². The van der Waals surface area contributed by atoms with E-state index in [1.807, 2.05) is 0 Å². The van der Waals surface area contributed by atoms with Crippen LogP contribution in [0.15, 0.2) is 0 Å². The first kappa shape index (κ1) is 16.9. The summed E-state index contributed by atoms with van der Waals surface area (Å²) in [6.07, 6.45) is 10.8. The molecular formula is C21H35BrO. The predicted octanol–water partition coefficient (Wildman–Crippen LogP) is 5.79. The zero-order chi connectivity index (χ0) is 16.6. The lowest BCUT2D eigenvalue weighted by Crippen LogP contribution is -2.54. The Morgan fingerprint density at radius 2 is 1.61 bits per heavy atom. The monoisotopic (exact) mass is 382 g/mol. The molecule has 0 radical (unpaired) electrons. The highest BCUT2D eigenvalue weighted by molar-refractivity contribution is 9.10. The summed E-state index contributed by atoms with van der Waals surface area (Å²) in [6.45, 7) is 9.73. The van der Waals surface area contributed by atoms with Gasteiger partial charge in [-0.1, -0.05) is 43.1 Å². The minimum atomic E-state index is -0.183. The van der Waals surface area contributed by atoms with Crippen molar-refractivity contribution in [2.24, 2.45) is 40.4 Å². The molecule has 0 heterocycles. The van der Waals surface area contributed by atoms with Gasteiger partial charge in [-0.05, 0) is 92.3 Å². The molecule has 0 aromatic heterocycles. The van der Waals surface area contributed by atoms with Crippen molar-refractivity contribution in [1.29, 1.82) is 0 Å². The standard InChI is InChI=1S/C21H35BrO/c1-13-7-9-19(2)14(11-13)5-6-15-16(19)8-10-20(3)17(15)12-21(4,22)18(20)23/h13-18,23H,5-12H2,1-4H3/t13-,14-,15+,16-,17-,18-,19-,20-,21+/m0/s1. The number of halogens is 1. The Morgan fingerprint density at radius 1 is 0.913 bits per heavy atom. The van der Waals surface area contributed by atoms with Gasteiger partial charge >= 0.3 is 0 Å². The van der Waals surface area contributed by atoms with Crippen molar-refractivity contribution in [1.82, 2.24) is 0 Å². The van der Waals surface area contributed by atoms with Crippen LogP contribution in [-0.2, 0) is 0 Å². The number of alkyl halides is 1. The van der Waals surface area contributed by atoms with Gasteiger partial charge in [-0.15, -0.1) is 0 Å². The lowest BCUT2D eigenvalue weighted by Gasteiger charge is -2.60. The van der Waals surface area contributed by atoms with E-state index in [1.165, 1.54) is 51.4 Å². The van der Waals surface area contributed by atoms with Crippen LogP contribution < -0.4 is 0 Å². The molecule has 0 bridgehead atoms. The fourth-order valence-electron chi connectivity index (χ4n) is 7.77. The summed E-state index contributed by atoms with van der Waals surface area (Å²) in [7, 11) is 0. The second-order valence-corrected chi connectivity index (χ2v) is 12.3. The van der Waals surface area contributed by atoms with Gasteiger partial charge in [-0.3, -0.25) is 0 Å². The van der Waals surface area contributed by atoms with Gasteiger partial charge in [0.15, 0.2) is 0 Å². The third kappa shape index (κ3) is 2.26. The van der Waals surface area contributed by atoms with E-state index in [9.17, 15) is 5.11 Å². The number of hydrogen-bond donors (Lipinski definition) is 1. The second-order valence-electron chi connectivity index (χ2n) is 10.5. The maximum absolute atomic E-state index is 11.0. The average Bonchev–Trinajstić information content (AvgIpc) is 2.68. The van der Waals surface area contributed by atoms with Crippen molar-refractivity contribution < 1.29 is 5.11 Å². The molecule has 4 rings (SSSR count). The Labute approximate surface area is 151 Å². The molecule has 0 unspecified atom stereocenters. The lowest BCUT2D eigenvalue weighted by atomic mass is 9.44. The summed E-state index contributed by atoms with van der Waals surface area (Å²) in [4.78, 5) is 0. The molecule has 0 aliphatic heterocycles. The smallest absolute Gasteiger partial charge is 0.0746 e. The summed E-state index contributed by atoms with van der Waals surface area (Å²) in [5, 5.41) is 11.0. The van der Waals surface area contributed by atoms with Crippen molar-refractivity contribution in [3.8, 4) is 0 Å². The zero-order valence-electron chi connectivity index (χ0n) is 15.4. The van der Waals surface area contributed by atoms with Crippen molar-refractivity contribution in [2.45, 2.75) is 89.5 Å². The van der Waals surface area contributed by atoms with E-state index in [1.54, 1.807) is 0 Å². The van der Waals surface area contributed by atoms with E-state index < -0.39 is 0 Å². The minimum Gasteiger partial charge on any atom is -0.391 e. The molecule has 4 saturated carbocycles. The number of fused-ring (bicyclic) bond motifs is 5. The SMILES string of the molecule is C[C@H]1CC[C@@]2(C)[C@@H](CC[C@@H]3[C@@H]2CC[C@@]2(C)[C@H]3C[C@@](C)(Br)[C@H]2O)C1. The molecular weight excluding hydrogens is 348 g/mol. The Balaban J connectivity index is 1.65. The third-order valence-corrected chi connectivity index (χ3v) is 9.94. The molecule has 132 valence electrons. The molecule has 0 spiro atoms. The molecule has 4 aliphatic rings. The first-order valence-electron chi connectivity index (χ1n) is 10.1. The molecule has 1 N–H and O–H groups in total. The molecule has 9 atom stereocenters. The van der Waals surface area contributed by atoms with Crippen LogP contribution in [0.5, 0.6) is 0 Å². The minimum absolute atomic E-state index is 0.0693. The summed E-state index contributed by atoms with van der Waals surface area (Å²) >= 11 is 3.89. The van der Waals surface area contributed by atoms with Gasteiger partial charge in [0.2, 0.25) is 0 Å². The van der Waals surface area contributed by atoms with E-state index in [0.29, 0.717) is 5.41 Å². The molecule has 0 aromatic rings. The van der Waals surface area contributed by atoms with Crippen molar-refractivity contribution in [2.75, 3.05) is 0 Å². The lowest BCUT2D eigenvalue weighted by molar-refractivity contribution is -0.126. The number of rotatable bonds is 0. The Bertz CT molecular complexity index is 488. The summed E-state index contributed by atoms with van der Waals surface area (Å²) in [5.74, 6) is 4.41. The van der Waals surface area contributed by atoms with Gasteiger partial charge in [0.05, 0.1) is 6.10 Å². The molecule has 23 heavy (non-hydrogen) atoms. The normalized spacial score (nSPS) is 62.3. The largest absolute Gasteiger partial charge is 0.391 e. The zero-order valence-corrected chi connectivity index (χ0v) is 17.0. The highest BCUT2D eigenvalue weighted by Gasteiger charge is 2.64. The number of hydrogen-bond acceptors (Lipinski definition) is 1. The van der Waals surface area contributed by atoms with Crippen LogP contribution in [0.3, 0.4) is 0 Å². The third-order valence-electron chi connectivity index (χ3n) is 9.18. The van der Waals surface area contributed by atoms with E-state index >= 15 is 0 Å². The van der Waals surface area contributed by atoms with Crippen LogP contribution in [0.25, 0.3) is 0 Å². The molecule has 4 aliphatic carbocycles. The van der Waals surface area contributed by atoms with Crippen molar-refractivity contribution in [3.05, 3.63) is 0 Å². The fraction of sp³-hybridized carbons (Fsp3) is 1.00. The van der Waals surface area contributed by atoms with Gasteiger partial charge < -0.3 is 5.11 Å². The molecule has 0 aromatic carbocycles. The molecule has 1 nitrogen and oxygen atoms in total. The first-order chi connectivity index (χ1) is 10.7. The molecule has 0 saturated heterocycles. The van der Waals surface area contributed by atoms with Crippen LogP contribution in [0.2, 0.25) is 0 Å². The average molecular weight is 383 g/mol. The Hall–Kier alpha value is 0.440. The highest BCUT2D eigenvalue weighted by atomic mass is 79.9. The molecule has 2 heteroatoms. The van der Waals surface area contributed by atoms with Gasteiger partial charge in [-0.2, -0.15) is 0 Å². The van der Waals surface area contributed by atoms with Crippen molar-refractivity contribution >= 4 is 15.9 Å². The quantitative estimate of drug-likeness (QED) is 0.525. The molecule has 4 fully saturated rings. The first-order valence-corrected chi connectivity index (χ1v) is 10.8. The van der Waals surface area contributed by atoms with Gasteiger partial charge in [0.25, 0.3) is 0 Å². The maximum Gasteiger partial charge on any atom is 0.0746 e. The van der Waals surface area contributed by atoms with Crippen LogP contribution >= 0.6 is 15.9 Å². The van der Waals surface area contributed by atoms with Gasteiger partial charge in [0.1, 0.15) is 0 Å². The van der Waals surface area contributed by atoms with Gasteiger partial charge in [0, 0.05) is 4.32 Å². The van der Waals surface area contributed by atoms with Crippen LogP contribution in [0.4, 0.5) is 0 Å². The number of aliphatic hydroxyl groups is 1. The van der Waals surface area contributed by atoms with E-state index in [4.69, 9.17) is 0 Å². The summed E-state index contributed by atoms with van der Waals surface area (Å²) < 4.78 is -0.0693. The Kier molecular flexibility index (Phi) is 3.83. The fourth-order valence-corrected chi connectivity index (χ4v) is 8.65. The van der Waals surface area contributed by atoms with Crippen LogP contribution in [0, 0.1) is 40.4 Å². The van der Waals surface area contributed by atoms with Crippen LogP contribution in [-0.4, -0.2) is 15.5 Å². The maximum atomic E-state index is 11.0. The van der Waals surface area contributed by atoms with E-state index in [2.05, 4.69) is 43.6 Å². The summed E-state index contributed by atoms with van der Waals surface area (Å²) in [5.41, 5.74) is 0.734. The van der Waals surface area contributed by atoms with E-state index in [-0.39, 0.29) is 15.8 Å².